The molecule has 0 bridgehead atoms. The topological polar surface area (TPSA) is 80.8 Å². The molecule has 24 heavy (non-hydrogen) atoms. The maximum atomic E-state index is 10.9. The maximum absolute atomic E-state index is 10.9. The van der Waals surface area contributed by atoms with Crippen LogP contribution in [0.4, 0.5) is 16.4 Å². The highest BCUT2D eigenvalue weighted by atomic mass is 32.1. The van der Waals surface area contributed by atoms with Crippen molar-refractivity contribution in [2.24, 2.45) is 10.2 Å². The first-order chi connectivity index (χ1) is 11.6. The van der Waals surface area contributed by atoms with Crippen LogP contribution < -0.4 is 0 Å². The van der Waals surface area contributed by atoms with Gasteiger partial charge in [-0.25, -0.2) is 0 Å². The number of non-ortho nitro benzene ring substituents is 1. The van der Waals surface area contributed by atoms with E-state index >= 15 is 0 Å². The predicted molar refractivity (Wildman–Crippen MR) is 95.6 cm³/mol. The summed E-state index contributed by atoms with van der Waals surface area (Å²) in [5, 5.41) is 20.6. The lowest BCUT2D eigenvalue weighted by molar-refractivity contribution is -0.384. The van der Waals surface area contributed by atoms with Crippen molar-refractivity contribution in [2.45, 2.75) is 26.2 Å². The first-order valence-corrected chi connectivity index (χ1v) is 8.41. The number of aromatic nitrogens is 1. The molecule has 0 aliphatic rings. The molecule has 1 unspecified atom stereocenters. The highest BCUT2D eigenvalue weighted by Crippen LogP contribution is 2.34. The van der Waals surface area contributed by atoms with E-state index in [0.29, 0.717) is 21.8 Å². The van der Waals surface area contributed by atoms with Gasteiger partial charge in [0.2, 0.25) is 0 Å². The Kier molecular flexibility index (Phi) is 4.61. The molecule has 3 rings (SSSR count). The fraction of sp³-hybridized carbons (Fsp3) is 0.235. The summed E-state index contributed by atoms with van der Waals surface area (Å²) in [6, 6.07) is 12.5. The van der Waals surface area contributed by atoms with Gasteiger partial charge < -0.3 is 0 Å². The molecular formula is C17H16N4O2S. The summed E-state index contributed by atoms with van der Waals surface area (Å²) >= 11 is 1.18. The fourth-order valence-corrected chi connectivity index (χ4v) is 2.99. The Morgan fingerprint density at radius 2 is 1.96 bits per heavy atom. The van der Waals surface area contributed by atoms with Crippen LogP contribution >= 0.6 is 11.5 Å². The van der Waals surface area contributed by atoms with Crippen LogP contribution in [-0.2, 0) is 0 Å². The SMILES string of the molecule is CCC(C)c1ccc(N=Nc2snc3ccc([N+](=O)[O-])cc23)cc1. The minimum absolute atomic E-state index is 0.0251. The Morgan fingerprint density at radius 1 is 1.21 bits per heavy atom. The Bertz CT molecular complexity index is 903. The molecule has 0 aliphatic carbocycles. The van der Waals surface area contributed by atoms with Crippen LogP contribution in [0, 0.1) is 10.1 Å². The van der Waals surface area contributed by atoms with Gasteiger partial charge in [-0.3, -0.25) is 10.1 Å². The molecule has 1 aromatic heterocycles. The van der Waals surface area contributed by atoms with E-state index in [2.05, 4.69) is 40.6 Å². The number of hydrogen-bond donors (Lipinski definition) is 0. The van der Waals surface area contributed by atoms with Crippen LogP contribution in [-0.4, -0.2) is 9.30 Å². The summed E-state index contributed by atoms with van der Waals surface area (Å²) in [7, 11) is 0. The van der Waals surface area contributed by atoms with Crippen molar-refractivity contribution in [3.63, 3.8) is 0 Å². The third-order valence-corrected chi connectivity index (χ3v) is 4.75. The molecule has 1 heterocycles. The number of rotatable bonds is 5. The molecule has 122 valence electrons. The fourth-order valence-electron chi connectivity index (χ4n) is 2.31. The molecule has 0 radical (unpaired) electrons. The molecule has 1 atom stereocenters. The van der Waals surface area contributed by atoms with Crippen LogP contribution in [0.5, 0.6) is 0 Å². The van der Waals surface area contributed by atoms with Gasteiger partial charge >= 0.3 is 0 Å². The van der Waals surface area contributed by atoms with E-state index in [9.17, 15) is 10.1 Å². The zero-order chi connectivity index (χ0) is 17.1. The Balaban J connectivity index is 1.87. The van der Waals surface area contributed by atoms with E-state index < -0.39 is 4.92 Å². The van der Waals surface area contributed by atoms with Crippen LogP contribution in [0.3, 0.4) is 0 Å². The third kappa shape index (κ3) is 3.30. The van der Waals surface area contributed by atoms with Crippen LogP contribution in [0.1, 0.15) is 31.7 Å². The largest absolute Gasteiger partial charge is 0.270 e. The number of azo groups is 1. The molecule has 7 heteroatoms. The number of nitro benzene ring substituents is 1. The number of benzene rings is 2. The molecule has 0 saturated heterocycles. The highest BCUT2D eigenvalue weighted by molar-refractivity contribution is 7.11. The van der Waals surface area contributed by atoms with Crippen LogP contribution in [0.15, 0.2) is 52.7 Å². The second kappa shape index (κ2) is 6.84. The first kappa shape index (κ1) is 16.2. The lowest BCUT2D eigenvalue weighted by Gasteiger charge is -2.07. The molecule has 6 nitrogen and oxygen atoms in total. The number of hydrogen-bond acceptors (Lipinski definition) is 6. The van der Waals surface area contributed by atoms with Gasteiger partial charge in [0.05, 0.1) is 16.1 Å². The smallest absolute Gasteiger partial charge is 0.258 e. The number of nitro groups is 1. The summed E-state index contributed by atoms with van der Waals surface area (Å²) in [4.78, 5) is 10.5. The summed E-state index contributed by atoms with van der Waals surface area (Å²) in [6.45, 7) is 4.35. The quantitative estimate of drug-likeness (QED) is 0.318. The minimum atomic E-state index is -0.425. The van der Waals surface area contributed by atoms with Gasteiger partial charge in [0.1, 0.15) is 0 Å². The number of nitrogens with zero attached hydrogens (tertiary/aromatic N) is 4. The van der Waals surface area contributed by atoms with Crippen molar-refractivity contribution in [3.8, 4) is 0 Å². The summed E-state index contributed by atoms with van der Waals surface area (Å²) in [5.41, 5.74) is 2.73. The zero-order valence-corrected chi connectivity index (χ0v) is 14.2. The average molecular weight is 340 g/mol. The Morgan fingerprint density at radius 3 is 2.62 bits per heavy atom. The summed E-state index contributed by atoms with van der Waals surface area (Å²) < 4.78 is 4.25. The van der Waals surface area contributed by atoms with Crippen molar-refractivity contribution in [3.05, 3.63) is 58.1 Å². The third-order valence-electron chi connectivity index (χ3n) is 3.98. The van der Waals surface area contributed by atoms with E-state index in [4.69, 9.17) is 0 Å². The molecule has 0 saturated carbocycles. The highest BCUT2D eigenvalue weighted by Gasteiger charge is 2.12. The predicted octanol–water partition coefficient (Wildman–Crippen LogP) is 6.13. The normalized spacial score (nSPS) is 12.8. The molecule has 0 amide bonds. The van der Waals surface area contributed by atoms with Crippen LogP contribution in [0.25, 0.3) is 10.9 Å². The molecule has 0 N–H and O–H groups in total. The van der Waals surface area contributed by atoms with Crippen molar-refractivity contribution in [1.29, 1.82) is 0 Å². The molecule has 0 fully saturated rings. The van der Waals surface area contributed by atoms with E-state index in [1.165, 1.54) is 29.2 Å². The van der Waals surface area contributed by atoms with Gasteiger partial charge in [-0.05, 0) is 47.6 Å². The molecule has 0 spiro atoms. The molecule has 3 aromatic rings. The van der Waals surface area contributed by atoms with Gasteiger partial charge in [0, 0.05) is 17.5 Å². The average Bonchev–Trinajstić information content (AvgIpc) is 3.02. The first-order valence-electron chi connectivity index (χ1n) is 7.64. The standard InChI is InChI=1S/C17H16N4O2S/c1-3-11(2)12-4-6-13(7-5-12)18-19-17-15-10-14(21(22)23)8-9-16(15)20-24-17/h4-11H,3H2,1-2H3. The lowest BCUT2D eigenvalue weighted by atomic mass is 9.99. The van der Waals surface area contributed by atoms with E-state index in [1.54, 1.807) is 6.07 Å². The summed E-state index contributed by atoms with van der Waals surface area (Å²) in [5.74, 6) is 0.516. The molecular weight excluding hydrogens is 324 g/mol. The van der Waals surface area contributed by atoms with Crippen molar-refractivity contribution in [2.75, 3.05) is 0 Å². The molecule has 2 aromatic carbocycles. The van der Waals surface area contributed by atoms with Gasteiger partial charge in [-0.15, -0.1) is 10.2 Å². The second-order valence-electron chi connectivity index (χ2n) is 5.55. The Hall–Kier alpha value is -2.67. The monoisotopic (exact) mass is 340 g/mol. The second-order valence-corrected chi connectivity index (χ2v) is 6.30. The van der Waals surface area contributed by atoms with Crippen LogP contribution in [0.2, 0.25) is 0 Å². The van der Waals surface area contributed by atoms with Crippen molar-refractivity contribution < 1.29 is 4.92 Å². The Labute approximate surface area is 143 Å². The van der Waals surface area contributed by atoms with E-state index in [1.807, 2.05) is 12.1 Å². The van der Waals surface area contributed by atoms with Gasteiger partial charge in [0.15, 0.2) is 5.00 Å². The van der Waals surface area contributed by atoms with E-state index in [0.717, 1.165) is 12.1 Å². The lowest BCUT2D eigenvalue weighted by Crippen LogP contribution is -1.89. The maximum Gasteiger partial charge on any atom is 0.270 e. The number of fused-ring (bicyclic) bond motifs is 1. The van der Waals surface area contributed by atoms with Gasteiger partial charge in [-0.1, -0.05) is 26.0 Å². The van der Waals surface area contributed by atoms with E-state index in [-0.39, 0.29) is 5.69 Å². The van der Waals surface area contributed by atoms with Crippen molar-refractivity contribution >= 4 is 38.8 Å². The zero-order valence-electron chi connectivity index (χ0n) is 13.3. The van der Waals surface area contributed by atoms with Gasteiger partial charge in [0.25, 0.3) is 5.69 Å². The summed E-state index contributed by atoms with van der Waals surface area (Å²) in [6.07, 6.45) is 1.09. The molecule has 0 aliphatic heterocycles. The minimum Gasteiger partial charge on any atom is -0.258 e. The van der Waals surface area contributed by atoms with Gasteiger partial charge in [-0.2, -0.15) is 4.37 Å². The van der Waals surface area contributed by atoms with Crippen molar-refractivity contribution in [1.82, 2.24) is 4.37 Å².